The van der Waals surface area contributed by atoms with Crippen LogP contribution in [-0.2, 0) is 4.79 Å². The predicted molar refractivity (Wildman–Crippen MR) is 87.0 cm³/mol. The molecule has 116 valence electrons. The van der Waals surface area contributed by atoms with Crippen LogP contribution < -0.4 is 10.6 Å². The molecule has 0 spiro atoms. The monoisotopic (exact) mass is 368 g/mol. The van der Waals surface area contributed by atoms with Gasteiger partial charge in [-0.1, -0.05) is 15.9 Å². The van der Waals surface area contributed by atoms with E-state index in [0.29, 0.717) is 6.54 Å². The molecule has 0 radical (unpaired) electrons. The number of carbonyl (C=O) groups excluding carboxylic acids is 1. The van der Waals surface area contributed by atoms with Crippen LogP contribution in [0.1, 0.15) is 12.0 Å². The van der Waals surface area contributed by atoms with Crippen molar-refractivity contribution in [1.29, 1.82) is 0 Å². The number of halogens is 3. The SMILES string of the molecule is Cc1cc(Br)ccc1NCCC(=O)Nc1ccc(F)cc1F. The van der Waals surface area contributed by atoms with Crippen molar-refractivity contribution in [2.24, 2.45) is 0 Å². The van der Waals surface area contributed by atoms with Crippen LogP contribution >= 0.6 is 15.9 Å². The average molecular weight is 369 g/mol. The Morgan fingerprint density at radius 1 is 1.14 bits per heavy atom. The Kier molecular flexibility index (Phi) is 5.49. The first kappa shape index (κ1) is 16.4. The summed E-state index contributed by atoms with van der Waals surface area (Å²) >= 11 is 3.38. The maximum absolute atomic E-state index is 13.4. The molecule has 0 fully saturated rings. The van der Waals surface area contributed by atoms with Gasteiger partial charge in [0.15, 0.2) is 0 Å². The van der Waals surface area contributed by atoms with Gasteiger partial charge in [0.1, 0.15) is 11.6 Å². The molecule has 22 heavy (non-hydrogen) atoms. The predicted octanol–water partition coefficient (Wildman–Crippen LogP) is 4.48. The van der Waals surface area contributed by atoms with Crippen molar-refractivity contribution < 1.29 is 13.6 Å². The lowest BCUT2D eigenvalue weighted by Crippen LogP contribution is -2.17. The van der Waals surface area contributed by atoms with Crippen molar-refractivity contribution in [3.05, 3.63) is 58.1 Å². The second-order valence-electron chi connectivity index (χ2n) is 4.81. The third-order valence-electron chi connectivity index (χ3n) is 3.06. The Hall–Kier alpha value is -1.95. The van der Waals surface area contributed by atoms with E-state index in [1.54, 1.807) is 0 Å². The van der Waals surface area contributed by atoms with Crippen LogP contribution in [0.5, 0.6) is 0 Å². The van der Waals surface area contributed by atoms with Crippen molar-refractivity contribution in [3.8, 4) is 0 Å². The van der Waals surface area contributed by atoms with Gasteiger partial charge < -0.3 is 10.6 Å². The number of aryl methyl sites for hydroxylation is 1. The molecule has 0 aliphatic heterocycles. The van der Waals surface area contributed by atoms with Crippen molar-refractivity contribution in [2.75, 3.05) is 17.2 Å². The molecule has 1 amide bonds. The molecule has 0 atom stereocenters. The van der Waals surface area contributed by atoms with Gasteiger partial charge >= 0.3 is 0 Å². The Balaban J connectivity index is 1.85. The maximum Gasteiger partial charge on any atom is 0.226 e. The highest BCUT2D eigenvalue weighted by Crippen LogP contribution is 2.20. The molecule has 0 saturated heterocycles. The fourth-order valence-corrected chi connectivity index (χ4v) is 2.42. The van der Waals surface area contributed by atoms with Gasteiger partial charge in [0.05, 0.1) is 5.69 Å². The summed E-state index contributed by atoms with van der Waals surface area (Å²) in [5.74, 6) is -1.80. The molecule has 0 unspecified atom stereocenters. The largest absolute Gasteiger partial charge is 0.384 e. The van der Waals surface area contributed by atoms with Crippen LogP contribution in [0, 0.1) is 18.6 Å². The Labute approximate surface area is 135 Å². The van der Waals surface area contributed by atoms with Crippen LogP contribution in [-0.4, -0.2) is 12.5 Å². The first-order valence-electron chi connectivity index (χ1n) is 6.70. The fourth-order valence-electron chi connectivity index (χ4n) is 1.94. The summed E-state index contributed by atoms with van der Waals surface area (Å²) in [6.07, 6.45) is 0.173. The smallest absolute Gasteiger partial charge is 0.226 e. The molecule has 2 aromatic carbocycles. The van der Waals surface area contributed by atoms with E-state index in [-0.39, 0.29) is 18.0 Å². The molecule has 0 saturated carbocycles. The minimum Gasteiger partial charge on any atom is -0.384 e. The highest BCUT2D eigenvalue weighted by Gasteiger charge is 2.08. The molecule has 2 N–H and O–H groups in total. The number of hydrogen-bond acceptors (Lipinski definition) is 2. The summed E-state index contributed by atoms with van der Waals surface area (Å²) in [5.41, 5.74) is 1.97. The number of nitrogens with one attached hydrogen (secondary N) is 2. The third-order valence-corrected chi connectivity index (χ3v) is 3.55. The van der Waals surface area contributed by atoms with Crippen LogP contribution in [0.4, 0.5) is 20.2 Å². The number of benzene rings is 2. The summed E-state index contributed by atoms with van der Waals surface area (Å²) in [6.45, 7) is 2.37. The zero-order valence-corrected chi connectivity index (χ0v) is 13.5. The Morgan fingerprint density at radius 2 is 1.86 bits per heavy atom. The lowest BCUT2D eigenvalue weighted by molar-refractivity contribution is -0.116. The van der Waals surface area contributed by atoms with Gasteiger partial charge in [-0.2, -0.15) is 0 Å². The number of carbonyl (C=O) groups is 1. The second-order valence-corrected chi connectivity index (χ2v) is 5.72. The first-order valence-corrected chi connectivity index (χ1v) is 7.50. The molecular weight excluding hydrogens is 354 g/mol. The van der Waals surface area contributed by atoms with E-state index in [1.807, 2.05) is 25.1 Å². The Bertz CT molecular complexity index is 692. The van der Waals surface area contributed by atoms with Crippen LogP contribution in [0.15, 0.2) is 40.9 Å². The van der Waals surface area contributed by atoms with Crippen LogP contribution in [0.2, 0.25) is 0 Å². The number of rotatable bonds is 5. The Morgan fingerprint density at radius 3 is 2.55 bits per heavy atom. The number of hydrogen-bond donors (Lipinski definition) is 2. The van der Waals surface area contributed by atoms with Crippen molar-refractivity contribution in [3.63, 3.8) is 0 Å². The molecule has 3 nitrogen and oxygen atoms in total. The molecule has 0 aliphatic carbocycles. The molecule has 0 aromatic heterocycles. The minimum atomic E-state index is -0.787. The standard InChI is InChI=1S/C16H15BrF2N2O/c1-10-8-11(17)2-4-14(10)20-7-6-16(22)21-15-5-3-12(18)9-13(15)19/h2-5,8-9,20H,6-7H2,1H3,(H,21,22). The van der Waals surface area contributed by atoms with Crippen molar-refractivity contribution >= 4 is 33.2 Å². The molecule has 0 heterocycles. The van der Waals surface area contributed by atoms with E-state index < -0.39 is 11.6 Å². The van der Waals surface area contributed by atoms with Gasteiger partial charge in [-0.25, -0.2) is 8.78 Å². The van der Waals surface area contributed by atoms with E-state index in [9.17, 15) is 13.6 Å². The summed E-state index contributed by atoms with van der Waals surface area (Å²) in [7, 11) is 0. The first-order chi connectivity index (χ1) is 10.5. The highest BCUT2D eigenvalue weighted by atomic mass is 79.9. The van der Waals surface area contributed by atoms with Gasteiger partial charge in [0.2, 0.25) is 5.91 Å². The van der Waals surface area contributed by atoms with E-state index in [4.69, 9.17) is 0 Å². The molecule has 0 bridgehead atoms. The number of amides is 1. The zero-order chi connectivity index (χ0) is 16.1. The summed E-state index contributed by atoms with van der Waals surface area (Å²) in [5, 5.41) is 5.56. The average Bonchev–Trinajstić information content (AvgIpc) is 2.44. The zero-order valence-electron chi connectivity index (χ0n) is 11.9. The van der Waals surface area contributed by atoms with E-state index >= 15 is 0 Å². The van der Waals surface area contributed by atoms with Gasteiger partial charge in [-0.3, -0.25) is 4.79 Å². The quantitative estimate of drug-likeness (QED) is 0.816. The minimum absolute atomic E-state index is 0.0220. The van der Waals surface area contributed by atoms with Gasteiger partial charge in [-0.05, 0) is 42.8 Å². The van der Waals surface area contributed by atoms with E-state index in [2.05, 4.69) is 26.6 Å². The van der Waals surface area contributed by atoms with Crippen molar-refractivity contribution in [1.82, 2.24) is 0 Å². The van der Waals surface area contributed by atoms with E-state index in [0.717, 1.165) is 27.9 Å². The molecular formula is C16H15BrF2N2O. The molecule has 2 rings (SSSR count). The second kappa shape index (κ2) is 7.35. The molecule has 6 heteroatoms. The maximum atomic E-state index is 13.4. The van der Waals surface area contributed by atoms with Crippen LogP contribution in [0.25, 0.3) is 0 Å². The third kappa shape index (κ3) is 4.53. The van der Waals surface area contributed by atoms with E-state index in [1.165, 1.54) is 6.07 Å². The molecule has 2 aromatic rings. The van der Waals surface area contributed by atoms with Gasteiger partial charge in [0.25, 0.3) is 0 Å². The van der Waals surface area contributed by atoms with Gasteiger partial charge in [0, 0.05) is 29.2 Å². The summed E-state index contributed by atoms with van der Waals surface area (Å²) < 4.78 is 27.2. The lowest BCUT2D eigenvalue weighted by atomic mass is 10.2. The number of anilines is 2. The van der Waals surface area contributed by atoms with Gasteiger partial charge in [-0.15, -0.1) is 0 Å². The highest BCUT2D eigenvalue weighted by molar-refractivity contribution is 9.10. The lowest BCUT2D eigenvalue weighted by Gasteiger charge is -2.10. The fraction of sp³-hybridized carbons (Fsp3) is 0.188. The van der Waals surface area contributed by atoms with Crippen molar-refractivity contribution in [2.45, 2.75) is 13.3 Å². The summed E-state index contributed by atoms with van der Waals surface area (Å²) in [4.78, 5) is 11.8. The summed E-state index contributed by atoms with van der Waals surface area (Å²) in [6, 6.07) is 8.83. The van der Waals surface area contributed by atoms with Crippen LogP contribution in [0.3, 0.4) is 0 Å². The normalized spacial score (nSPS) is 10.4. The topological polar surface area (TPSA) is 41.1 Å². The molecule has 0 aliphatic rings.